The highest BCUT2D eigenvalue weighted by atomic mass is 16.3. The lowest BCUT2D eigenvalue weighted by atomic mass is 9.82. The Morgan fingerprint density at radius 3 is 2.41 bits per heavy atom. The van der Waals surface area contributed by atoms with Gasteiger partial charge >= 0.3 is 0 Å². The Morgan fingerprint density at radius 2 is 2.00 bits per heavy atom. The van der Waals surface area contributed by atoms with E-state index in [4.69, 9.17) is 4.42 Å². The molecule has 0 aliphatic heterocycles. The lowest BCUT2D eigenvalue weighted by Crippen LogP contribution is -2.39. The number of nitrogens with zero attached hydrogens (tertiary/aromatic N) is 1. The molecule has 0 atom stereocenters. The molecule has 1 heterocycles. The summed E-state index contributed by atoms with van der Waals surface area (Å²) in [6.07, 6.45) is 3.73. The molecule has 1 rings (SSSR count). The van der Waals surface area contributed by atoms with Crippen LogP contribution < -0.4 is 0 Å². The SMILES string of the molecule is CCN(Cc1ccco1)CC(CC)(CC)CO. The Hall–Kier alpha value is -0.800. The second kappa shape index (κ2) is 6.82. The van der Waals surface area contributed by atoms with Crippen LogP contribution in [0.15, 0.2) is 22.8 Å². The van der Waals surface area contributed by atoms with Crippen molar-refractivity contribution in [2.45, 2.75) is 40.2 Å². The Bertz CT molecular complexity index is 283. The maximum atomic E-state index is 9.60. The van der Waals surface area contributed by atoms with Crippen LogP contribution in [0.1, 0.15) is 39.4 Å². The molecular formula is C14H25NO2. The number of furan rings is 1. The first-order valence-electron chi connectivity index (χ1n) is 6.55. The zero-order valence-electron chi connectivity index (χ0n) is 11.3. The van der Waals surface area contributed by atoms with Gasteiger partial charge in [-0.1, -0.05) is 20.8 Å². The minimum Gasteiger partial charge on any atom is -0.468 e. The first kappa shape index (κ1) is 14.3. The standard InChI is InChI=1S/C14H25NO2/c1-4-14(5-2,12-16)11-15(6-3)10-13-8-7-9-17-13/h7-9,16H,4-6,10-12H2,1-3H3. The van der Waals surface area contributed by atoms with Gasteiger partial charge in [0, 0.05) is 18.6 Å². The number of rotatable bonds is 8. The van der Waals surface area contributed by atoms with Crippen LogP contribution >= 0.6 is 0 Å². The molecule has 0 spiro atoms. The van der Waals surface area contributed by atoms with Gasteiger partial charge in [-0.25, -0.2) is 0 Å². The van der Waals surface area contributed by atoms with Crippen molar-refractivity contribution in [1.29, 1.82) is 0 Å². The fraction of sp³-hybridized carbons (Fsp3) is 0.714. The Balaban J connectivity index is 2.61. The van der Waals surface area contributed by atoms with Gasteiger partial charge < -0.3 is 9.52 Å². The van der Waals surface area contributed by atoms with Gasteiger partial charge in [0.05, 0.1) is 12.8 Å². The molecule has 98 valence electrons. The summed E-state index contributed by atoms with van der Waals surface area (Å²) in [6.45, 7) is 9.44. The summed E-state index contributed by atoms with van der Waals surface area (Å²) in [5, 5.41) is 9.60. The van der Waals surface area contributed by atoms with E-state index in [0.29, 0.717) is 0 Å². The van der Waals surface area contributed by atoms with E-state index >= 15 is 0 Å². The van der Waals surface area contributed by atoms with Crippen LogP contribution in [0.2, 0.25) is 0 Å². The van der Waals surface area contributed by atoms with Crippen LogP contribution in [0.5, 0.6) is 0 Å². The summed E-state index contributed by atoms with van der Waals surface area (Å²) in [5.74, 6) is 0.992. The minimum atomic E-state index is 0.0304. The van der Waals surface area contributed by atoms with Crippen LogP contribution in [-0.2, 0) is 6.54 Å². The van der Waals surface area contributed by atoms with Crippen molar-refractivity contribution >= 4 is 0 Å². The molecule has 0 unspecified atom stereocenters. The van der Waals surface area contributed by atoms with Crippen LogP contribution in [-0.4, -0.2) is 29.7 Å². The predicted molar refractivity (Wildman–Crippen MR) is 69.8 cm³/mol. The highest BCUT2D eigenvalue weighted by Crippen LogP contribution is 2.27. The van der Waals surface area contributed by atoms with Crippen molar-refractivity contribution in [2.75, 3.05) is 19.7 Å². The van der Waals surface area contributed by atoms with Gasteiger partial charge in [-0.2, -0.15) is 0 Å². The molecule has 3 nitrogen and oxygen atoms in total. The molecule has 1 aromatic heterocycles. The number of hydrogen-bond donors (Lipinski definition) is 1. The van der Waals surface area contributed by atoms with E-state index in [1.165, 1.54) is 0 Å². The number of aliphatic hydroxyl groups is 1. The molecule has 0 aliphatic carbocycles. The molecule has 3 heteroatoms. The molecular weight excluding hydrogens is 214 g/mol. The summed E-state index contributed by atoms with van der Waals surface area (Å²) < 4.78 is 5.38. The number of hydrogen-bond acceptors (Lipinski definition) is 3. The molecule has 0 fully saturated rings. The van der Waals surface area contributed by atoms with Gasteiger partial charge in [-0.3, -0.25) is 4.90 Å². The molecule has 0 bridgehead atoms. The van der Waals surface area contributed by atoms with E-state index in [1.807, 2.05) is 12.1 Å². The third-order valence-electron chi connectivity index (χ3n) is 3.80. The zero-order valence-corrected chi connectivity index (χ0v) is 11.3. The van der Waals surface area contributed by atoms with Crippen molar-refractivity contribution in [2.24, 2.45) is 5.41 Å². The van der Waals surface area contributed by atoms with E-state index in [-0.39, 0.29) is 12.0 Å². The summed E-state index contributed by atoms with van der Waals surface area (Å²) in [6, 6.07) is 3.92. The summed E-state index contributed by atoms with van der Waals surface area (Å²) in [4.78, 5) is 2.34. The lowest BCUT2D eigenvalue weighted by Gasteiger charge is -2.35. The van der Waals surface area contributed by atoms with Gasteiger partial charge in [0.15, 0.2) is 0 Å². The summed E-state index contributed by atoms with van der Waals surface area (Å²) in [7, 11) is 0. The quantitative estimate of drug-likeness (QED) is 0.758. The summed E-state index contributed by atoms with van der Waals surface area (Å²) >= 11 is 0. The van der Waals surface area contributed by atoms with Crippen LogP contribution in [0, 0.1) is 5.41 Å². The van der Waals surface area contributed by atoms with E-state index in [1.54, 1.807) is 6.26 Å². The molecule has 0 aromatic carbocycles. The van der Waals surface area contributed by atoms with Crippen molar-refractivity contribution in [3.8, 4) is 0 Å². The Kier molecular flexibility index (Phi) is 5.72. The molecule has 0 amide bonds. The maximum absolute atomic E-state index is 9.60. The molecule has 0 radical (unpaired) electrons. The Labute approximate surface area is 104 Å². The fourth-order valence-corrected chi connectivity index (χ4v) is 2.12. The minimum absolute atomic E-state index is 0.0304. The van der Waals surface area contributed by atoms with Gasteiger partial charge in [0.25, 0.3) is 0 Å². The van der Waals surface area contributed by atoms with Crippen molar-refractivity contribution in [3.63, 3.8) is 0 Å². The van der Waals surface area contributed by atoms with Crippen molar-refractivity contribution < 1.29 is 9.52 Å². The van der Waals surface area contributed by atoms with E-state index < -0.39 is 0 Å². The largest absolute Gasteiger partial charge is 0.468 e. The first-order chi connectivity index (χ1) is 8.19. The van der Waals surface area contributed by atoms with Crippen LogP contribution in [0.4, 0.5) is 0 Å². The first-order valence-corrected chi connectivity index (χ1v) is 6.55. The second-order valence-electron chi connectivity index (χ2n) is 4.75. The molecule has 17 heavy (non-hydrogen) atoms. The second-order valence-corrected chi connectivity index (χ2v) is 4.75. The molecule has 0 saturated heterocycles. The highest BCUT2D eigenvalue weighted by molar-refractivity contribution is 4.98. The third-order valence-corrected chi connectivity index (χ3v) is 3.80. The highest BCUT2D eigenvalue weighted by Gasteiger charge is 2.27. The normalized spacial score (nSPS) is 12.3. The lowest BCUT2D eigenvalue weighted by molar-refractivity contribution is 0.0621. The van der Waals surface area contributed by atoms with Crippen LogP contribution in [0.3, 0.4) is 0 Å². The van der Waals surface area contributed by atoms with Gasteiger partial charge in [0.2, 0.25) is 0 Å². The van der Waals surface area contributed by atoms with Crippen molar-refractivity contribution in [1.82, 2.24) is 4.90 Å². The van der Waals surface area contributed by atoms with Gasteiger partial charge in [0.1, 0.15) is 5.76 Å². The predicted octanol–water partition coefficient (Wildman–Crippen LogP) is 2.90. The third kappa shape index (κ3) is 3.86. The molecule has 0 saturated carbocycles. The van der Waals surface area contributed by atoms with E-state index in [0.717, 1.165) is 38.2 Å². The Morgan fingerprint density at radius 1 is 1.29 bits per heavy atom. The fourth-order valence-electron chi connectivity index (χ4n) is 2.12. The smallest absolute Gasteiger partial charge is 0.117 e. The zero-order chi connectivity index (χ0) is 12.7. The monoisotopic (exact) mass is 239 g/mol. The molecule has 1 N–H and O–H groups in total. The van der Waals surface area contributed by atoms with E-state index in [9.17, 15) is 5.11 Å². The maximum Gasteiger partial charge on any atom is 0.117 e. The van der Waals surface area contributed by atoms with E-state index in [2.05, 4.69) is 25.7 Å². The average molecular weight is 239 g/mol. The topological polar surface area (TPSA) is 36.6 Å². The van der Waals surface area contributed by atoms with Crippen molar-refractivity contribution in [3.05, 3.63) is 24.2 Å². The van der Waals surface area contributed by atoms with Gasteiger partial charge in [-0.15, -0.1) is 0 Å². The summed E-state index contributed by atoms with van der Waals surface area (Å²) in [5.41, 5.74) is 0.0304. The average Bonchev–Trinajstić information content (AvgIpc) is 2.87. The van der Waals surface area contributed by atoms with Gasteiger partial charge in [-0.05, 0) is 31.5 Å². The number of aliphatic hydroxyl groups excluding tert-OH is 1. The molecule has 1 aromatic rings. The van der Waals surface area contributed by atoms with Crippen LogP contribution in [0.25, 0.3) is 0 Å². The molecule has 0 aliphatic rings.